The fourth-order valence-electron chi connectivity index (χ4n) is 2.44. The maximum atomic E-state index is 5.96. The SMILES string of the molecule is S=c1cc(-c2cc3ccccc3[nH]2)oc2ccccc12. The van der Waals surface area contributed by atoms with Crippen LogP contribution in [0.3, 0.4) is 0 Å². The minimum Gasteiger partial charge on any atom is -0.454 e. The fourth-order valence-corrected chi connectivity index (χ4v) is 2.72. The third kappa shape index (κ3) is 1.75. The van der Waals surface area contributed by atoms with E-state index in [4.69, 9.17) is 16.6 Å². The van der Waals surface area contributed by atoms with E-state index in [1.807, 2.05) is 42.5 Å². The second kappa shape index (κ2) is 4.32. The standard InChI is InChI=1S/C17H11NOS/c20-17-10-16(19-15-8-4-2-6-12(15)17)14-9-11-5-1-3-7-13(11)18-14/h1-10,18H. The van der Waals surface area contributed by atoms with E-state index in [2.05, 4.69) is 23.2 Å². The van der Waals surface area contributed by atoms with Gasteiger partial charge in [-0.1, -0.05) is 42.5 Å². The molecule has 0 spiro atoms. The molecule has 0 aliphatic rings. The summed E-state index contributed by atoms with van der Waals surface area (Å²) in [5.41, 5.74) is 2.86. The van der Waals surface area contributed by atoms with Crippen molar-refractivity contribution in [2.75, 3.05) is 0 Å². The third-order valence-corrected chi connectivity index (χ3v) is 3.77. The lowest BCUT2D eigenvalue weighted by atomic mass is 10.2. The molecular weight excluding hydrogens is 266 g/mol. The van der Waals surface area contributed by atoms with Crippen LogP contribution in [0.4, 0.5) is 0 Å². The zero-order valence-corrected chi connectivity index (χ0v) is 11.4. The Labute approximate surface area is 120 Å². The van der Waals surface area contributed by atoms with Crippen molar-refractivity contribution in [3.63, 3.8) is 0 Å². The largest absolute Gasteiger partial charge is 0.454 e. The van der Waals surface area contributed by atoms with Crippen LogP contribution >= 0.6 is 12.2 Å². The summed E-state index contributed by atoms with van der Waals surface area (Å²) in [6.45, 7) is 0. The molecule has 20 heavy (non-hydrogen) atoms. The lowest BCUT2D eigenvalue weighted by Crippen LogP contribution is -1.80. The number of para-hydroxylation sites is 2. The highest BCUT2D eigenvalue weighted by atomic mass is 32.1. The van der Waals surface area contributed by atoms with E-state index >= 15 is 0 Å². The summed E-state index contributed by atoms with van der Waals surface area (Å²) in [5.74, 6) is 0.768. The molecule has 96 valence electrons. The molecule has 2 heterocycles. The van der Waals surface area contributed by atoms with E-state index in [9.17, 15) is 0 Å². The Morgan fingerprint density at radius 2 is 1.70 bits per heavy atom. The van der Waals surface area contributed by atoms with Gasteiger partial charge >= 0.3 is 0 Å². The molecule has 4 aromatic rings. The topological polar surface area (TPSA) is 28.9 Å². The van der Waals surface area contributed by atoms with Gasteiger partial charge in [0.1, 0.15) is 5.58 Å². The smallest absolute Gasteiger partial charge is 0.152 e. The molecule has 0 aliphatic carbocycles. The molecule has 0 bridgehead atoms. The molecule has 4 rings (SSSR count). The number of aromatic amines is 1. The Hall–Kier alpha value is -2.39. The predicted molar refractivity (Wildman–Crippen MR) is 84.3 cm³/mol. The van der Waals surface area contributed by atoms with Gasteiger partial charge in [0.25, 0.3) is 0 Å². The molecule has 0 radical (unpaired) electrons. The zero-order chi connectivity index (χ0) is 13.5. The van der Waals surface area contributed by atoms with E-state index in [1.165, 1.54) is 0 Å². The Bertz CT molecular complexity index is 948. The Kier molecular flexibility index (Phi) is 2.47. The molecule has 0 fully saturated rings. The number of hydrogen-bond acceptors (Lipinski definition) is 2. The van der Waals surface area contributed by atoms with Crippen LogP contribution in [0, 0.1) is 4.51 Å². The summed E-state index contributed by atoms with van der Waals surface area (Å²) in [5, 5.41) is 2.14. The molecule has 0 aliphatic heterocycles. The number of rotatable bonds is 1. The molecule has 0 saturated carbocycles. The number of nitrogens with one attached hydrogen (secondary N) is 1. The fraction of sp³-hybridized carbons (Fsp3) is 0. The van der Waals surface area contributed by atoms with Gasteiger partial charge in [0, 0.05) is 22.4 Å². The first kappa shape index (κ1) is 11.4. The van der Waals surface area contributed by atoms with E-state index in [1.54, 1.807) is 0 Å². The van der Waals surface area contributed by atoms with E-state index < -0.39 is 0 Å². The van der Waals surface area contributed by atoms with Crippen LogP contribution in [-0.4, -0.2) is 4.98 Å². The molecule has 0 saturated heterocycles. The predicted octanol–water partition coefficient (Wildman–Crippen LogP) is 5.31. The summed E-state index contributed by atoms with van der Waals surface area (Å²) in [7, 11) is 0. The van der Waals surface area contributed by atoms with Gasteiger partial charge < -0.3 is 9.40 Å². The lowest BCUT2D eigenvalue weighted by Gasteiger charge is -2.01. The molecule has 0 unspecified atom stereocenters. The van der Waals surface area contributed by atoms with Crippen molar-refractivity contribution in [3.8, 4) is 11.5 Å². The molecule has 0 amide bonds. The average Bonchev–Trinajstić information content (AvgIpc) is 2.91. The highest BCUT2D eigenvalue weighted by Crippen LogP contribution is 2.27. The first-order valence-corrected chi connectivity index (χ1v) is 6.83. The maximum absolute atomic E-state index is 5.96. The number of aromatic nitrogens is 1. The molecule has 0 atom stereocenters. The first-order valence-electron chi connectivity index (χ1n) is 6.42. The van der Waals surface area contributed by atoms with Crippen molar-refractivity contribution in [2.24, 2.45) is 0 Å². The molecule has 1 N–H and O–H groups in total. The quantitative estimate of drug-likeness (QED) is 0.478. The Balaban J connectivity index is 1.99. The van der Waals surface area contributed by atoms with Gasteiger partial charge in [-0.25, -0.2) is 0 Å². The summed E-state index contributed by atoms with van der Waals surface area (Å²) in [6, 6.07) is 20.0. The number of benzene rings is 2. The van der Waals surface area contributed by atoms with E-state index in [0.717, 1.165) is 37.8 Å². The van der Waals surface area contributed by atoms with Crippen LogP contribution in [0.25, 0.3) is 33.3 Å². The van der Waals surface area contributed by atoms with Gasteiger partial charge in [0.05, 0.1) is 10.2 Å². The van der Waals surface area contributed by atoms with Crippen molar-refractivity contribution in [2.45, 2.75) is 0 Å². The minimum absolute atomic E-state index is 0.768. The van der Waals surface area contributed by atoms with Crippen molar-refractivity contribution in [1.82, 2.24) is 4.98 Å². The van der Waals surface area contributed by atoms with E-state index in [0.29, 0.717) is 0 Å². The van der Waals surface area contributed by atoms with Crippen molar-refractivity contribution >= 4 is 34.1 Å². The van der Waals surface area contributed by atoms with Gasteiger partial charge in [-0.05, 0) is 24.3 Å². The summed E-state index contributed by atoms with van der Waals surface area (Å²) in [6.07, 6.45) is 0. The Morgan fingerprint density at radius 1 is 0.900 bits per heavy atom. The number of hydrogen-bond donors (Lipinski definition) is 1. The van der Waals surface area contributed by atoms with Crippen LogP contribution in [0.5, 0.6) is 0 Å². The molecular formula is C17H11NOS. The summed E-state index contributed by atoms with van der Waals surface area (Å²) in [4.78, 5) is 3.36. The van der Waals surface area contributed by atoms with Gasteiger partial charge in [-0.15, -0.1) is 0 Å². The van der Waals surface area contributed by atoms with Gasteiger partial charge in [0.15, 0.2) is 5.76 Å². The summed E-state index contributed by atoms with van der Waals surface area (Å²) >= 11 is 5.45. The third-order valence-electron chi connectivity index (χ3n) is 3.43. The van der Waals surface area contributed by atoms with Gasteiger partial charge in [-0.3, -0.25) is 0 Å². The van der Waals surface area contributed by atoms with Crippen LogP contribution in [0.1, 0.15) is 0 Å². The molecule has 3 heteroatoms. The maximum Gasteiger partial charge on any atom is 0.152 e. The zero-order valence-electron chi connectivity index (χ0n) is 10.6. The highest BCUT2D eigenvalue weighted by molar-refractivity contribution is 7.71. The van der Waals surface area contributed by atoms with Crippen molar-refractivity contribution in [3.05, 3.63) is 65.2 Å². The van der Waals surface area contributed by atoms with Crippen molar-refractivity contribution < 1.29 is 4.42 Å². The Morgan fingerprint density at radius 3 is 2.60 bits per heavy atom. The van der Waals surface area contributed by atoms with Crippen LogP contribution in [0.15, 0.2) is 65.1 Å². The monoisotopic (exact) mass is 277 g/mol. The summed E-state index contributed by atoms with van der Waals surface area (Å²) < 4.78 is 6.77. The van der Waals surface area contributed by atoms with Crippen LogP contribution in [0.2, 0.25) is 0 Å². The number of fused-ring (bicyclic) bond motifs is 2. The average molecular weight is 277 g/mol. The molecule has 2 aromatic carbocycles. The number of H-pyrrole nitrogens is 1. The van der Waals surface area contributed by atoms with Crippen LogP contribution < -0.4 is 0 Å². The van der Waals surface area contributed by atoms with Crippen molar-refractivity contribution in [1.29, 1.82) is 0 Å². The molecule has 2 aromatic heterocycles. The van der Waals surface area contributed by atoms with Crippen LogP contribution in [-0.2, 0) is 0 Å². The highest BCUT2D eigenvalue weighted by Gasteiger charge is 2.07. The van der Waals surface area contributed by atoms with Gasteiger partial charge in [-0.2, -0.15) is 0 Å². The normalized spacial score (nSPS) is 11.2. The van der Waals surface area contributed by atoms with Gasteiger partial charge in [0.2, 0.25) is 0 Å². The first-order chi connectivity index (χ1) is 9.81. The second-order valence-electron chi connectivity index (χ2n) is 4.74. The van der Waals surface area contributed by atoms with E-state index in [-0.39, 0.29) is 0 Å². The lowest BCUT2D eigenvalue weighted by molar-refractivity contribution is 0.617. The minimum atomic E-state index is 0.768. The second-order valence-corrected chi connectivity index (χ2v) is 5.18. The molecule has 2 nitrogen and oxygen atoms in total.